The second-order valence-corrected chi connectivity index (χ2v) is 6.75. The number of aromatic nitrogens is 2. The molecule has 1 heterocycles. The Balaban J connectivity index is 1.77. The highest BCUT2D eigenvalue weighted by atomic mass is 16.2. The summed E-state index contributed by atoms with van der Waals surface area (Å²) in [5, 5.41) is 5.98. The minimum Gasteiger partial charge on any atom is -0.324 e. The second kappa shape index (κ2) is 8.00. The molecule has 6 heteroatoms. The first-order valence-electron chi connectivity index (χ1n) is 8.94. The summed E-state index contributed by atoms with van der Waals surface area (Å²) in [5.74, 6) is 0.0103. The molecule has 0 unspecified atom stereocenters. The molecule has 0 radical (unpaired) electrons. The molecule has 1 amide bonds. The maximum Gasteiger partial charge on any atom is 0.274 e. The fourth-order valence-electron chi connectivity index (χ4n) is 3.02. The number of carbonyl (C=O) groups is 2. The molecular formula is C22H22N4O2. The zero-order chi connectivity index (χ0) is 20.3. The molecule has 0 fully saturated rings. The third-order valence-electron chi connectivity index (χ3n) is 4.35. The number of Topliss-reactive ketones (excluding diaryl/α,β-unsaturated/α-hetero) is 1. The van der Waals surface area contributed by atoms with Gasteiger partial charge in [0.1, 0.15) is 5.69 Å². The normalized spacial score (nSPS) is 10.4. The van der Waals surface area contributed by atoms with Crippen molar-refractivity contribution < 1.29 is 9.59 Å². The predicted molar refractivity (Wildman–Crippen MR) is 110 cm³/mol. The number of nitrogens with one attached hydrogen (secondary N) is 2. The third-order valence-corrected chi connectivity index (χ3v) is 4.35. The minimum absolute atomic E-state index is 0.00293. The second-order valence-electron chi connectivity index (χ2n) is 6.75. The maximum absolute atomic E-state index is 12.7. The van der Waals surface area contributed by atoms with E-state index in [4.69, 9.17) is 0 Å². The highest BCUT2D eigenvalue weighted by molar-refractivity contribution is 6.03. The van der Waals surface area contributed by atoms with Crippen LogP contribution in [0.1, 0.15) is 44.5 Å². The molecule has 0 aliphatic carbocycles. The minimum atomic E-state index is -0.299. The number of carbonyl (C=O) groups excluding carboxylic acids is 2. The molecule has 0 aliphatic heterocycles. The molecule has 2 aromatic carbocycles. The summed E-state index contributed by atoms with van der Waals surface area (Å²) in [4.78, 5) is 32.5. The zero-order valence-corrected chi connectivity index (χ0v) is 16.3. The molecule has 28 heavy (non-hydrogen) atoms. The molecule has 0 atom stereocenters. The molecular weight excluding hydrogens is 352 g/mol. The zero-order valence-electron chi connectivity index (χ0n) is 16.3. The fraction of sp³-hybridized carbons (Fsp3) is 0.182. The number of ketones is 1. The SMILES string of the molecule is CC(=O)c1ccc(Nc2nccc(C(=O)Nc3c(C)cc(C)cc3C)n2)cc1. The third kappa shape index (κ3) is 4.40. The number of hydrogen-bond acceptors (Lipinski definition) is 5. The summed E-state index contributed by atoms with van der Waals surface area (Å²) in [6.45, 7) is 7.47. The first-order valence-corrected chi connectivity index (χ1v) is 8.94. The Morgan fingerprint density at radius 1 is 0.929 bits per heavy atom. The van der Waals surface area contributed by atoms with Crippen LogP contribution in [0.4, 0.5) is 17.3 Å². The van der Waals surface area contributed by atoms with Crippen LogP contribution in [-0.2, 0) is 0 Å². The Kier molecular flexibility index (Phi) is 5.49. The van der Waals surface area contributed by atoms with E-state index in [1.165, 1.54) is 13.1 Å². The van der Waals surface area contributed by atoms with E-state index in [-0.39, 0.29) is 17.4 Å². The van der Waals surface area contributed by atoms with Crippen molar-refractivity contribution in [1.82, 2.24) is 9.97 Å². The smallest absolute Gasteiger partial charge is 0.274 e. The van der Waals surface area contributed by atoms with Crippen molar-refractivity contribution in [2.45, 2.75) is 27.7 Å². The largest absolute Gasteiger partial charge is 0.324 e. The van der Waals surface area contributed by atoms with Crippen LogP contribution < -0.4 is 10.6 Å². The lowest BCUT2D eigenvalue weighted by atomic mass is 10.1. The highest BCUT2D eigenvalue weighted by Gasteiger charge is 2.13. The van der Waals surface area contributed by atoms with Crippen LogP contribution in [0.5, 0.6) is 0 Å². The van der Waals surface area contributed by atoms with Gasteiger partial charge in [0.25, 0.3) is 5.91 Å². The van der Waals surface area contributed by atoms with Gasteiger partial charge in [0.05, 0.1) is 0 Å². The number of hydrogen-bond donors (Lipinski definition) is 2. The van der Waals surface area contributed by atoms with Crippen molar-refractivity contribution in [1.29, 1.82) is 0 Å². The van der Waals surface area contributed by atoms with Crippen LogP contribution in [0.25, 0.3) is 0 Å². The van der Waals surface area contributed by atoms with E-state index in [2.05, 4.69) is 20.6 Å². The van der Waals surface area contributed by atoms with E-state index in [1.54, 1.807) is 30.3 Å². The van der Waals surface area contributed by atoms with Gasteiger partial charge in [-0.3, -0.25) is 9.59 Å². The number of anilines is 3. The summed E-state index contributed by atoms with van der Waals surface area (Å²) in [6.07, 6.45) is 1.53. The molecule has 3 rings (SSSR count). The monoisotopic (exact) mass is 374 g/mol. The van der Waals surface area contributed by atoms with Gasteiger partial charge in [0, 0.05) is 23.1 Å². The Morgan fingerprint density at radius 2 is 1.57 bits per heavy atom. The van der Waals surface area contributed by atoms with Gasteiger partial charge < -0.3 is 10.6 Å². The lowest BCUT2D eigenvalue weighted by Gasteiger charge is -2.13. The highest BCUT2D eigenvalue weighted by Crippen LogP contribution is 2.22. The fourth-order valence-corrected chi connectivity index (χ4v) is 3.02. The quantitative estimate of drug-likeness (QED) is 0.638. The number of aryl methyl sites for hydroxylation is 3. The number of nitrogens with zero attached hydrogens (tertiary/aromatic N) is 2. The van der Waals surface area contributed by atoms with E-state index >= 15 is 0 Å². The van der Waals surface area contributed by atoms with E-state index in [0.717, 1.165) is 28.1 Å². The van der Waals surface area contributed by atoms with Gasteiger partial charge >= 0.3 is 0 Å². The van der Waals surface area contributed by atoms with E-state index < -0.39 is 0 Å². The van der Waals surface area contributed by atoms with Crippen LogP contribution in [0, 0.1) is 20.8 Å². The van der Waals surface area contributed by atoms with Gasteiger partial charge in [0.15, 0.2) is 5.78 Å². The number of amides is 1. The van der Waals surface area contributed by atoms with Crippen LogP contribution in [0.3, 0.4) is 0 Å². The average Bonchev–Trinajstić information content (AvgIpc) is 2.65. The van der Waals surface area contributed by atoms with E-state index in [9.17, 15) is 9.59 Å². The van der Waals surface area contributed by atoms with Crippen LogP contribution in [0.15, 0.2) is 48.7 Å². The molecule has 0 saturated carbocycles. The Hall–Kier alpha value is -3.54. The van der Waals surface area contributed by atoms with Crippen molar-refractivity contribution in [3.63, 3.8) is 0 Å². The molecule has 2 N–H and O–H groups in total. The van der Waals surface area contributed by atoms with Gasteiger partial charge in [-0.05, 0) is 69.2 Å². The van der Waals surface area contributed by atoms with Gasteiger partial charge in [-0.2, -0.15) is 0 Å². The summed E-state index contributed by atoms with van der Waals surface area (Å²) in [5.41, 5.74) is 5.57. The van der Waals surface area contributed by atoms with Gasteiger partial charge in [-0.25, -0.2) is 9.97 Å². The number of benzene rings is 2. The molecule has 0 saturated heterocycles. The summed E-state index contributed by atoms with van der Waals surface area (Å²) in [6, 6.07) is 12.6. The molecule has 0 aliphatic rings. The summed E-state index contributed by atoms with van der Waals surface area (Å²) >= 11 is 0. The first kappa shape index (κ1) is 19.2. The Labute approximate surface area is 164 Å². The maximum atomic E-state index is 12.7. The molecule has 0 spiro atoms. The standard InChI is InChI=1S/C22H22N4O2/c1-13-11-14(2)20(15(3)12-13)26-21(28)19-9-10-23-22(25-19)24-18-7-5-17(6-8-18)16(4)27/h5-12H,1-4H3,(H,26,28)(H,23,24,25). The molecule has 1 aromatic heterocycles. The van der Waals surface area contributed by atoms with Crippen molar-refractivity contribution in [2.75, 3.05) is 10.6 Å². The van der Waals surface area contributed by atoms with Gasteiger partial charge in [-0.15, -0.1) is 0 Å². The predicted octanol–water partition coefficient (Wildman–Crippen LogP) is 4.60. The molecule has 142 valence electrons. The van der Waals surface area contributed by atoms with Crippen molar-refractivity contribution in [3.05, 3.63) is 76.6 Å². The summed E-state index contributed by atoms with van der Waals surface area (Å²) in [7, 11) is 0. The lowest BCUT2D eigenvalue weighted by Crippen LogP contribution is -2.16. The van der Waals surface area contributed by atoms with Gasteiger partial charge in [-0.1, -0.05) is 17.7 Å². The molecule has 6 nitrogen and oxygen atoms in total. The first-order chi connectivity index (χ1) is 13.3. The van der Waals surface area contributed by atoms with Crippen molar-refractivity contribution in [3.8, 4) is 0 Å². The average molecular weight is 374 g/mol. The van der Waals surface area contributed by atoms with Gasteiger partial charge in [0.2, 0.25) is 5.95 Å². The Bertz CT molecular complexity index is 1020. The topological polar surface area (TPSA) is 84.0 Å². The van der Waals surface area contributed by atoms with E-state index in [0.29, 0.717) is 11.5 Å². The van der Waals surface area contributed by atoms with Crippen molar-refractivity contribution in [2.24, 2.45) is 0 Å². The molecule has 3 aromatic rings. The van der Waals surface area contributed by atoms with Crippen LogP contribution in [-0.4, -0.2) is 21.7 Å². The molecule has 0 bridgehead atoms. The van der Waals surface area contributed by atoms with Crippen LogP contribution in [0.2, 0.25) is 0 Å². The Morgan fingerprint density at radius 3 is 2.18 bits per heavy atom. The van der Waals surface area contributed by atoms with E-state index in [1.807, 2.05) is 32.9 Å². The van der Waals surface area contributed by atoms with Crippen LogP contribution >= 0.6 is 0 Å². The lowest BCUT2D eigenvalue weighted by molar-refractivity contribution is 0.101. The van der Waals surface area contributed by atoms with Crippen molar-refractivity contribution >= 4 is 29.0 Å². The number of rotatable bonds is 5. The summed E-state index contributed by atoms with van der Waals surface area (Å²) < 4.78 is 0.